The van der Waals surface area contributed by atoms with Crippen molar-refractivity contribution in [2.45, 2.75) is 18.3 Å². The van der Waals surface area contributed by atoms with E-state index in [9.17, 15) is 19.1 Å². The number of carbonyl (C=O) groups excluding carboxylic acids is 1. The van der Waals surface area contributed by atoms with Crippen LogP contribution in [0.3, 0.4) is 0 Å². The van der Waals surface area contributed by atoms with Gasteiger partial charge in [-0.2, -0.15) is 0 Å². The molecule has 92 valence electrons. The molecule has 0 rings (SSSR count). The van der Waals surface area contributed by atoms with Crippen molar-refractivity contribution >= 4 is 14.1 Å². The van der Waals surface area contributed by atoms with Crippen LogP contribution in [-0.2, 0) is 13.9 Å². The Balaban J connectivity index is -0.000000282. The summed E-state index contributed by atoms with van der Waals surface area (Å²) in [5.74, 6) is 0. The molecule has 0 radical (unpaired) electrons. The molecule has 0 aliphatic rings. The number of carbonyl (C=O) groups is 1. The summed E-state index contributed by atoms with van der Waals surface area (Å²) in [6.45, 7) is -1.02. The van der Waals surface area contributed by atoms with Gasteiger partial charge in [-0.3, -0.25) is 0 Å². The van der Waals surface area contributed by atoms with Gasteiger partial charge in [0.05, 0.1) is 14.4 Å². The van der Waals surface area contributed by atoms with E-state index in [1.165, 1.54) is 0 Å². The number of aliphatic hydroxyl groups is 3. The summed E-state index contributed by atoms with van der Waals surface area (Å²) >= 11 is 0. The van der Waals surface area contributed by atoms with Gasteiger partial charge in [-0.05, 0) is 0 Å². The Kier molecular flexibility index (Phi) is 20.1. The minimum absolute atomic E-state index is 0. The molecular formula is C5H11Na2O9P. The van der Waals surface area contributed by atoms with Crippen molar-refractivity contribution in [3.63, 3.8) is 0 Å². The van der Waals surface area contributed by atoms with Crippen LogP contribution in [0.4, 0.5) is 0 Å². The fourth-order valence-electron chi connectivity index (χ4n) is 0.574. The fourth-order valence-corrected chi connectivity index (χ4v) is 0.910. The zero-order valence-corrected chi connectivity index (χ0v) is 14.2. The van der Waals surface area contributed by atoms with Gasteiger partial charge in [0.25, 0.3) is 0 Å². The van der Waals surface area contributed by atoms with Gasteiger partial charge in [-0.25, -0.2) is 0 Å². The number of rotatable bonds is 6. The molecule has 0 saturated heterocycles. The Morgan fingerprint density at radius 1 is 1.24 bits per heavy atom. The van der Waals surface area contributed by atoms with Crippen LogP contribution >= 0.6 is 7.82 Å². The molecule has 0 aliphatic carbocycles. The molecule has 0 amide bonds. The molecule has 9 nitrogen and oxygen atoms in total. The number of phosphoric ester groups is 1. The van der Waals surface area contributed by atoms with E-state index in [0.717, 1.165) is 0 Å². The van der Waals surface area contributed by atoms with E-state index in [1.807, 2.05) is 0 Å². The van der Waals surface area contributed by atoms with Crippen LogP contribution in [0.5, 0.6) is 0 Å². The first-order valence-electron chi connectivity index (χ1n) is 3.44. The Morgan fingerprint density at radius 2 is 1.65 bits per heavy atom. The summed E-state index contributed by atoms with van der Waals surface area (Å²) in [5.41, 5.74) is 0. The van der Waals surface area contributed by atoms with E-state index < -0.39 is 32.7 Å². The van der Waals surface area contributed by atoms with Gasteiger partial charge >= 0.3 is 59.1 Å². The van der Waals surface area contributed by atoms with Gasteiger partial charge in [0, 0.05) is 0 Å². The first-order chi connectivity index (χ1) is 6.28. The van der Waals surface area contributed by atoms with Crippen molar-refractivity contribution in [3.05, 3.63) is 0 Å². The third-order valence-electron chi connectivity index (χ3n) is 1.29. The monoisotopic (exact) mass is 292 g/mol. The molecule has 0 bridgehead atoms. The van der Waals surface area contributed by atoms with Gasteiger partial charge in [0.1, 0.15) is 18.3 Å². The maximum atomic E-state index is 9.92. The molecule has 0 aromatic carbocycles. The maximum Gasteiger partial charge on any atom is 1.00 e. The van der Waals surface area contributed by atoms with Crippen LogP contribution in [0.2, 0.25) is 0 Å². The molecule has 0 fully saturated rings. The molecule has 3 atom stereocenters. The van der Waals surface area contributed by atoms with E-state index in [4.69, 9.17) is 15.3 Å². The normalized spacial score (nSPS) is 15.4. The van der Waals surface area contributed by atoms with E-state index in [1.54, 1.807) is 0 Å². The minimum atomic E-state index is -5.24. The Bertz CT molecular complexity index is 233. The number of hydrogen-bond acceptors (Lipinski definition) is 8. The second-order valence-corrected chi connectivity index (χ2v) is 3.58. The standard InChI is InChI=1S/C5H11O8P.2Na.H2O/c6-1-3(7)5(9)4(8)2-13-14(10,11)12;;;/h1,3-5,7-9H,2H2,(H2,10,11,12);;;1H2/q;2*+1;/p-2/t3-,4+,5-;;;/m0.../s1. The number of aldehydes is 1. The average molecular weight is 292 g/mol. The minimum Gasteiger partial charge on any atom is -0.790 e. The third-order valence-corrected chi connectivity index (χ3v) is 1.75. The van der Waals surface area contributed by atoms with Crippen LogP contribution in [0, 0.1) is 0 Å². The molecular weight excluding hydrogens is 281 g/mol. The number of aliphatic hydroxyl groups excluding tert-OH is 3. The zero-order valence-electron chi connectivity index (χ0n) is 9.35. The summed E-state index contributed by atoms with van der Waals surface area (Å²) in [4.78, 5) is 29.8. The second-order valence-electron chi connectivity index (χ2n) is 2.43. The van der Waals surface area contributed by atoms with E-state index in [-0.39, 0.29) is 70.9 Å². The molecule has 0 heterocycles. The zero-order chi connectivity index (χ0) is 11.4. The quantitative estimate of drug-likeness (QED) is 0.245. The summed E-state index contributed by atoms with van der Waals surface area (Å²) in [5, 5.41) is 26.4. The fraction of sp³-hybridized carbons (Fsp3) is 0.800. The van der Waals surface area contributed by atoms with E-state index >= 15 is 0 Å². The Labute approximate surface area is 141 Å². The predicted molar refractivity (Wildman–Crippen MR) is 41.3 cm³/mol. The first-order valence-corrected chi connectivity index (χ1v) is 4.90. The van der Waals surface area contributed by atoms with Gasteiger partial charge < -0.3 is 44.5 Å². The molecule has 17 heavy (non-hydrogen) atoms. The molecule has 0 aromatic heterocycles. The van der Waals surface area contributed by atoms with Crippen LogP contribution in [0.15, 0.2) is 0 Å². The van der Waals surface area contributed by atoms with Gasteiger partial charge in [-0.15, -0.1) is 0 Å². The van der Waals surface area contributed by atoms with Gasteiger partial charge in [0.15, 0.2) is 6.29 Å². The molecule has 0 saturated carbocycles. The molecule has 0 unspecified atom stereocenters. The Hall–Kier alpha value is 1.62. The third kappa shape index (κ3) is 13.8. The van der Waals surface area contributed by atoms with Crippen molar-refractivity contribution in [1.82, 2.24) is 0 Å². The largest absolute Gasteiger partial charge is 1.00 e. The average Bonchev–Trinajstić information content (AvgIpc) is 2.10. The van der Waals surface area contributed by atoms with Gasteiger partial charge in [-0.1, -0.05) is 0 Å². The van der Waals surface area contributed by atoms with Gasteiger partial charge in [0.2, 0.25) is 0 Å². The summed E-state index contributed by atoms with van der Waals surface area (Å²) in [6.07, 6.45) is -5.67. The van der Waals surface area contributed by atoms with E-state index in [0.29, 0.717) is 0 Å². The smallest absolute Gasteiger partial charge is 0.790 e. The summed E-state index contributed by atoms with van der Waals surface area (Å²) in [7, 11) is -5.24. The molecule has 0 aromatic rings. The molecule has 0 spiro atoms. The van der Waals surface area contributed by atoms with Crippen molar-refractivity contribution in [1.29, 1.82) is 0 Å². The van der Waals surface area contributed by atoms with Crippen molar-refractivity contribution < 1.29 is 104 Å². The first kappa shape index (κ1) is 27.0. The van der Waals surface area contributed by atoms with Crippen LogP contribution < -0.4 is 68.9 Å². The SMILES string of the molecule is O.O=C[C@H](O)[C@H](O)[C@H](O)COP(=O)([O-])[O-].[Na+].[Na+]. The van der Waals surface area contributed by atoms with Crippen molar-refractivity contribution in [2.24, 2.45) is 0 Å². The maximum absolute atomic E-state index is 9.92. The van der Waals surface area contributed by atoms with Crippen LogP contribution in [0.25, 0.3) is 0 Å². The summed E-state index contributed by atoms with van der Waals surface area (Å²) in [6, 6.07) is 0. The Morgan fingerprint density at radius 3 is 1.94 bits per heavy atom. The molecule has 12 heteroatoms. The molecule has 0 aliphatic heterocycles. The van der Waals surface area contributed by atoms with Crippen LogP contribution in [-0.4, -0.2) is 52.0 Å². The van der Waals surface area contributed by atoms with Crippen LogP contribution in [0.1, 0.15) is 0 Å². The van der Waals surface area contributed by atoms with Crippen molar-refractivity contribution in [2.75, 3.05) is 6.61 Å². The number of hydrogen-bond donors (Lipinski definition) is 3. The topological polar surface area (TPSA) is 182 Å². The summed E-state index contributed by atoms with van der Waals surface area (Å²) < 4.78 is 13.5. The molecule has 5 N–H and O–H groups in total. The van der Waals surface area contributed by atoms with E-state index in [2.05, 4.69) is 4.52 Å². The number of phosphoric acid groups is 1. The second kappa shape index (κ2) is 12.6. The van der Waals surface area contributed by atoms with Crippen molar-refractivity contribution in [3.8, 4) is 0 Å². The predicted octanol–water partition coefficient (Wildman–Crippen LogP) is -10.7.